The van der Waals surface area contributed by atoms with E-state index in [0.717, 1.165) is 0 Å². The van der Waals surface area contributed by atoms with Gasteiger partial charge >= 0.3 is 0 Å². The summed E-state index contributed by atoms with van der Waals surface area (Å²) in [7, 11) is -1.44. The highest BCUT2D eigenvalue weighted by Crippen LogP contribution is 2.36. The van der Waals surface area contributed by atoms with E-state index in [1.54, 1.807) is 0 Å². The Morgan fingerprint density at radius 3 is 2.06 bits per heavy atom. The molecule has 0 spiro atoms. The SMILES string of the molecule is Cc1ccc(N[Si](C)(C)C(C)(C)C)c(C)c1. The zero-order chi connectivity index (χ0) is 12.6. The summed E-state index contributed by atoms with van der Waals surface area (Å²) in [5.74, 6) is 0. The molecule has 0 aromatic heterocycles. The van der Waals surface area contributed by atoms with Crippen molar-refractivity contribution < 1.29 is 0 Å². The van der Waals surface area contributed by atoms with E-state index in [1.165, 1.54) is 16.8 Å². The maximum atomic E-state index is 3.79. The molecule has 0 heterocycles. The van der Waals surface area contributed by atoms with Crippen LogP contribution in [0.5, 0.6) is 0 Å². The lowest BCUT2D eigenvalue weighted by Gasteiger charge is -2.38. The van der Waals surface area contributed by atoms with Gasteiger partial charge in [0.1, 0.15) is 0 Å². The molecule has 16 heavy (non-hydrogen) atoms. The van der Waals surface area contributed by atoms with Crippen LogP contribution in [0.3, 0.4) is 0 Å². The standard InChI is InChI=1S/C14H25NSi/c1-11-8-9-13(12(2)10-11)15-16(6,7)14(3,4)5/h8-10,15H,1-7H3. The Morgan fingerprint density at radius 1 is 1.06 bits per heavy atom. The van der Waals surface area contributed by atoms with Crippen molar-refractivity contribution in [3.63, 3.8) is 0 Å². The minimum Gasteiger partial charge on any atom is -0.410 e. The molecular formula is C14H25NSi. The Labute approximate surface area is 101 Å². The maximum Gasteiger partial charge on any atom is 0.152 e. The zero-order valence-electron chi connectivity index (χ0n) is 11.7. The lowest BCUT2D eigenvalue weighted by molar-refractivity contribution is 0.723. The predicted molar refractivity (Wildman–Crippen MR) is 76.7 cm³/mol. The van der Waals surface area contributed by atoms with Crippen LogP contribution >= 0.6 is 0 Å². The summed E-state index contributed by atoms with van der Waals surface area (Å²) in [4.78, 5) is 3.79. The Kier molecular flexibility index (Phi) is 3.53. The Balaban J connectivity index is 2.97. The predicted octanol–water partition coefficient (Wildman–Crippen LogP) is 4.72. The minimum atomic E-state index is -1.44. The smallest absolute Gasteiger partial charge is 0.152 e. The summed E-state index contributed by atoms with van der Waals surface area (Å²) in [6.45, 7) is 16.1. The Hall–Kier alpha value is -0.763. The largest absolute Gasteiger partial charge is 0.410 e. The molecule has 0 atom stereocenters. The van der Waals surface area contributed by atoms with Crippen LogP contribution in [-0.4, -0.2) is 8.24 Å². The molecule has 1 aromatic rings. The molecule has 1 N–H and O–H groups in total. The van der Waals surface area contributed by atoms with E-state index >= 15 is 0 Å². The van der Waals surface area contributed by atoms with Crippen LogP contribution < -0.4 is 4.98 Å². The van der Waals surface area contributed by atoms with Gasteiger partial charge in [0.05, 0.1) is 0 Å². The van der Waals surface area contributed by atoms with Crippen molar-refractivity contribution in [2.75, 3.05) is 4.98 Å². The van der Waals surface area contributed by atoms with Crippen molar-refractivity contribution in [1.82, 2.24) is 0 Å². The highest BCUT2D eigenvalue weighted by atomic mass is 28.3. The van der Waals surface area contributed by atoms with Gasteiger partial charge in [0.25, 0.3) is 0 Å². The second-order valence-corrected chi connectivity index (χ2v) is 11.3. The molecule has 2 heteroatoms. The minimum absolute atomic E-state index is 0.365. The van der Waals surface area contributed by atoms with Gasteiger partial charge in [-0.05, 0) is 30.5 Å². The average molecular weight is 235 g/mol. The molecule has 0 amide bonds. The number of hydrogen-bond donors (Lipinski definition) is 1. The third-order valence-corrected chi connectivity index (χ3v) is 8.35. The molecule has 0 aliphatic rings. The van der Waals surface area contributed by atoms with E-state index in [2.05, 4.69) is 70.9 Å². The van der Waals surface area contributed by atoms with Crippen molar-refractivity contribution in [2.24, 2.45) is 0 Å². The Bertz CT molecular complexity index is 375. The van der Waals surface area contributed by atoms with E-state index < -0.39 is 8.24 Å². The summed E-state index contributed by atoms with van der Waals surface area (Å²) in [6, 6.07) is 6.64. The molecule has 0 aliphatic heterocycles. The summed E-state index contributed by atoms with van der Waals surface area (Å²) in [5.41, 5.74) is 3.99. The van der Waals surface area contributed by atoms with Gasteiger partial charge in [0, 0.05) is 5.69 Å². The molecule has 0 saturated carbocycles. The van der Waals surface area contributed by atoms with Crippen molar-refractivity contribution in [2.45, 2.75) is 52.8 Å². The lowest BCUT2D eigenvalue weighted by Crippen LogP contribution is -2.46. The fourth-order valence-electron chi connectivity index (χ4n) is 1.48. The van der Waals surface area contributed by atoms with E-state index in [1.807, 2.05) is 0 Å². The normalized spacial score (nSPS) is 12.7. The number of nitrogens with one attached hydrogen (secondary N) is 1. The Morgan fingerprint density at radius 2 is 1.62 bits per heavy atom. The zero-order valence-corrected chi connectivity index (χ0v) is 12.7. The third-order valence-electron chi connectivity index (χ3n) is 3.70. The van der Waals surface area contributed by atoms with Gasteiger partial charge in [-0.2, -0.15) is 0 Å². The van der Waals surface area contributed by atoms with Crippen LogP contribution in [0, 0.1) is 13.8 Å². The molecule has 0 saturated heterocycles. The fraction of sp³-hybridized carbons (Fsp3) is 0.571. The van der Waals surface area contributed by atoms with Crippen LogP contribution in [0.15, 0.2) is 18.2 Å². The molecule has 0 aliphatic carbocycles. The monoisotopic (exact) mass is 235 g/mol. The number of benzene rings is 1. The molecule has 1 aromatic carbocycles. The second kappa shape index (κ2) is 4.25. The lowest BCUT2D eigenvalue weighted by atomic mass is 10.1. The summed E-state index contributed by atoms with van der Waals surface area (Å²) < 4.78 is 0. The molecule has 0 radical (unpaired) electrons. The van der Waals surface area contributed by atoms with Crippen LogP contribution in [0.2, 0.25) is 18.1 Å². The molecule has 1 rings (SSSR count). The molecule has 1 nitrogen and oxygen atoms in total. The van der Waals surface area contributed by atoms with Crippen LogP contribution in [0.4, 0.5) is 5.69 Å². The summed E-state index contributed by atoms with van der Waals surface area (Å²) in [5, 5.41) is 0.365. The fourth-order valence-corrected chi connectivity index (χ4v) is 2.81. The average Bonchev–Trinajstić information content (AvgIpc) is 2.08. The molecule has 90 valence electrons. The van der Waals surface area contributed by atoms with Gasteiger partial charge in [0.15, 0.2) is 8.24 Å². The number of rotatable bonds is 2. The van der Waals surface area contributed by atoms with Crippen LogP contribution in [0.1, 0.15) is 31.9 Å². The first kappa shape index (κ1) is 13.3. The first-order valence-corrected chi connectivity index (χ1v) is 8.99. The van der Waals surface area contributed by atoms with Crippen molar-refractivity contribution in [3.8, 4) is 0 Å². The van der Waals surface area contributed by atoms with E-state index in [0.29, 0.717) is 5.04 Å². The highest BCUT2D eigenvalue weighted by Gasteiger charge is 2.35. The number of hydrogen-bond acceptors (Lipinski definition) is 1. The van der Waals surface area contributed by atoms with Gasteiger partial charge in [-0.1, -0.05) is 51.6 Å². The quantitative estimate of drug-likeness (QED) is 0.731. The van der Waals surface area contributed by atoms with Gasteiger partial charge in [-0.3, -0.25) is 0 Å². The molecule has 0 unspecified atom stereocenters. The van der Waals surface area contributed by atoms with Gasteiger partial charge in [-0.15, -0.1) is 0 Å². The third kappa shape index (κ3) is 2.88. The highest BCUT2D eigenvalue weighted by molar-refractivity contribution is 6.83. The topological polar surface area (TPSA) is 12.0 Å². The van der Waals surface area contributed by atoms with Crippen molar-refractivity contribution in [3.05, 3.63) is 29.3 Å². The second-order valence-electron chi connectivity index (χ2n) is 6.32. The summed E-state index contributed by atoms with van der Waals surface area (Å²) in [6.07, 6.45) is 0. The van der Waals surface area contributed by atoms with Crippen LogP contribution in [-0.2, 0) is 0 Å². The number of aryl methyl sites for hydroxylation is 2. The number of anilines is 1. The van der Waals surface area contributed by atoms with E-state index in [-0.39, 0.29) is 0 Å². The first-order chi connectivity index (χ1) is 7.13. The van der Waals surface area contributed by atoms with Crippen molar-refractivity contribution in [1.29, 1.82) is 0 Å². The van der Waals surface area contributed by atoms with E-state index in [4.69, 9.17) is 0 Å². The molecule has 0 bridgehead atoms. The van der Waals surface area contributed by atoms with E-state index in [9.17, 15) is 0 Å². The maximum absolute atomic E-state index is 3.79. The van der Waals surface area contributed by atoms with Gasteiger partial charge in [-0.25, -0.2) is 0 Å². The van der Waals surface area contributed by atoms with Crippen molar-refractivity contribution >= 4 is 13.9 Å². The van der Waals surface area contributed by atoms with Gasteiger partial charge < -0.3 is 4.98 Å². The molecule has 0 fully saturated rings. The molecular weight excluding hydrogens is 210 g/mol. The summed E-state index contributed by atoms with van der Waals surface area (Å²) >= 11 is 0. The van der Waals surface area contributed by atoms with Crippen LogP contribution in [0.25, 0.3) is 0 Å². The van der Waals surface area contributed by atoms with Gasteiger partial charge in [0.2, 0.25) is 0 Å². The first-order valence-electron chi connectivity index (χ1n) is 5.99.